The lowest BCUT2D eigenvalue weighted by Gasteiger charge is -2.16. The normalized spacial score (nSPS) is 12.7. The smallest absolute Gasteiger partial charge is 0.410 e. The van der Waals surface area contributed by atoms with Crippen molar-refractivity contribution < 1.29 is 23.6 Å². The maximum Gasteiger partial charge on any atom is 0.410 e. The minimum Gasteiger partial charge on any atom is -0.496 e. The number of rotatable bonds is 9. The zero-order chi connectivity index (χ0) is 23.8. The first-order valence-electron chi connectivity index (χ1n) is 9.98. The third-order valence-electron chi connectivity index (χ3n) is 4.26. The van der Waals surface area contributed by atoms with Crippen LogP contribution in [0.3, 0.4) is 0 Å². The van der Waals surface area contributed by atoms with E-state index in [4.69, 9.17) is 4.74 Å². The van der Waals surface area contributed by atoms with Gasteiger partial charge in [0.1, 0.15) is 11.6 Å². The van der Waals surface area contributed by atoms with E-state index in [9.17, 15) is 14.1 Å². The number of amides is 1. The predicted octanol–water partition coefficient (Wildman–Crippen LogP) is 4.41. The minimum atomic E-state index is -1.86. The van der Waals surface area contributed by atoms with E-state index in [0.717, 1.165) is 16.2 Å². The lowest BCUT2D eigenvalue weighted by atomic mass is 10.2. The van der Waals surface area contributed by atoms with Crippen molar-refractivity contribution in [2.75, 3.05) is 31.0 Å². The van der Waals surface area contributed by atoms with Crippen molar-refractivity contribution in [2.24, 2.45) is 4.36 Å². The van der Waals surface area contributed by atoms with Crippen molar-refractivity contribution in [2.45, 2.75) is 24.8 Å². The quantitative estimate of drug-likeness (QED) is 0.373. The molecule has 0 fully saturated rings. The van der Waals surface area contributed by atoms with Crippen molar-refractivity contribution in [3.63, 3.8) is 0 Å². The molecular formula is C21H24N5O5S2-. The molecule has 0 aliphatic carbocycles. The second-order valence-corrected chi connectivity index (χ2v) is 8.79. The molecule has 0 saturated heterocycles. The molecule has 0 aliphatic rings. The Morgan fingerprint density at radius 2 is 2.09 bits per heavy atom. The molecule has 0 aliphatic heterocycles. The lowest BCUT2D eigenvalue weighted by molar-refractivity contribution is 0.164. The second kappa shape index (κ2) is 11.6. The highest BCUT2D eigenvalue weighted by Gasteiger charge is 2.14. The van der Waals surface area contributed by atoms with Crippen LogP contribution in [0, 0.1) is 0 Å². The second-order valence-electron chi connectivity index (χ2n) is 6.72. The van der Waals surface area contributed by atoms with E-state index in [2.05, 4.69) is 29.7 Å². The van der Waals surface area contributed by atoms with E-state index >= 15 is 0 Å². The van der Waals surface area contributed by atoms with Crippen molar-refractivity contribution in [1.29, 1.82) is 0 Å². The van der Waals surface area contributed by atoms with Crippen LogP contribution in [0.25, 0.3) is 10.4 Å². The van der Waals surface area contributed by atoms with Crippen LogP contribution >= 0.6 is 11.3 Å². The molecule has 3 rings (SSSR count). The van der Waals surface area contributed by atoms with Gasteiger partial charge in [0, 0.05) is 28.2 Å². The fraction of sp³-hybridized carbons (Fsp3) is 0.286. The van der Waals surface area contributed by atoms with Gasteiger partial charge in [-0.3, -0.25) is 4.36 Å². The Hall–Kier alpha value is -3.22. The molecule has 10 nitrogen and oxygen atoms in total. The van der Waals surface area contributed by atoms with E-state index in [1.807, 2.05) is 18.4 Å². The number of aliphatic hydroxyl groups excluding tert-OH is 1. The Morgan fingerprint density at radius 3 is 2.73 bits per heavy atom. The zero-order valence-electron chi connectivity index (χ0n) is 18.3. The number of methoxy groups -OCH3 is 1. The third kappa shape index (κ3) is 6.63. The molecule has 0 radical (unpaired) electrons. The van der Waals surface area contributed by atoms with Gasteiger partial charge in [0.05, 0.1) is 25.9 Å². The summed E-state index contributed by atoms with van der Waals surface area (Å²) in [7, 11) is -0.250. The monoisotopic (exact) mass is 490 g/mol. The Balaban J connectivity index is 1.82. The van der Waals surface area contributed by atoms with Gasteiger partial charge in [-0.2, -0.15) is 4.98 Å². The summed E-state index contributed by atoms with van der Waals surface area (Å²) in [6.07, 6.45) is 0.821. The number of hydrogen-bond donors (Lipinski definition) is 3. The average molecular weight is 491 g/mol. The number of aliphatic hydroxyl groups is 1. The molecule has 1 aromatic carbocycles. The lowest BCUT2D eigenvalue weighted by Crippen LogP contribution is -2.21. The molecule has 2 aromatic heterocycles. The summed E-state index contributed by atoms with van der Waals surface area (Å²) in [6, 6.07) is 8.20. The van der Waals surface area contributed by atoms with Crippen LogP contribution < -0.4 is 15.4 Å². The van der Waals surface area contributed by atoms with Crippen molar-refractivity contribution >= 4 is 45.5 Å². The van der Waals surface area contributed by atoms with Crippen LogP contribution in [0.5, 0.6) is 5.75 Å². The van der Waals surface area contributed by atoms with Crippen LogP contribution in [0.15, 0.2) is 51.2 Å². The molecule has 0 unspecified atom stereocenters. The Morgan fingerprint density at radius 1 is 1.33 bits per heavy atom. The molecule has 33 heavy (non-hydrogen) atoms. The molecule has 0 saturated carbocycles. The Bertz CT molecular complexity index is 1180. The topological polar surface area (TPSA) is 135 Å². The van der Waals surface area contributed by atoms with E-state index in [1.54, 1.807) is 44.5 Å². The average Bonchev–Trinajstić information content (AvgIpc) is 3.29. The number of ether oxygens (including phenoxy) is 2. The first kappa shape index (κ1) is 24.4. The standard InChI is InChI=1S/C21H24N5O5S2/c1-4-31-21(28)26-33(29)16-7-5-14(6-8-16)24-20-22-10-17(18-9-15(30-3)12-32-18)19(25-20)23-13(2)11-27/h5-10,12-13,27H,4,11H2,1-3H3,(H2,22,23,24,25)/q-1/t13-/m1/s1. The molecule has 2 heterocycles. The number of carbonyl (C=O) groups excluding carboxylic acids is 1. The maximum atomic E-state index is 12.1. The summed E-state index contributed by atoms with van der Waals surface area (Å²) < 4.78 is 25.5. The third-order valence-corrected chi connectivity index (χ3v) is 6.19. The number of nitrogens with one attached hydrogen (secondary N) is 2. The summed E-state index contributed by atoms with van der Waals surface area (Å²) in [6.45, 7) is 3.59. The number of nitrogens with zero attached hydrogens (tertiary/aromatic N) is 3. The summed E-state index contributed by atoms with van der Waals surface area (Å²) in [4.78, 5) is 21.6. The van der Waals surface area contributed by atoms with Crippen LogP contribution in [0.2, 0.25) is 0 Å². The largest absolute Gasteiger partial charge is 0.496 e. The van der Waals surface area contributed by atoms with Gasteiger partial charge in [-0.05, 0) is 32.0 Å². The molecule has 3 N–H and O–H groups in total. The molecule has 176 valence electrons. The maximum absolute atomic E-state index is 12.1. The van der Waals surface area contributed by atoms with Gasteiger partial charge < -0.3 is 29.4 Å². The van der Waals surface area contributed by atoms with E-state index in [-0.39, 0.29) is 19.3 Å². The molecule has 0 spiro atoms. The predicted molar refractivity (Wildman–Crippen MR) is 128 cm³/mol. The van der Waals surface area contributed by atoms with Crippen molar-refractivity contribution in [3.8, 4) is 16.2 Å². The number of thiophene rings is 1. The molecule has 0 bridgehead atoms. The number of hydrogen-bond acceptors (Lipinski definition) is 11. The van der Waals surface area contributed by atoms with Gasteiger partial charge in [-0.1, -0.05) is 17.0 Å². The summed E-state index contributed by atoms with van der Waals surface area (Å²) in [5.41, 5.74) is 1.43. The van der Waals surface area contributed by atoms with E-state index in [0.29, 0.717) is 22.3 Å². The van der Waals surface area contributed by atoms with E-state index in [1.165, 1.54) is 11.3 Å². The fourth-order valence-electron chi connectivity index (χ4n) is 2.63. The first-order valence-corrected chi connectivity index (χ1v) is 12.0. The molecule has 3 aromatic rings. The number of aromatic nitrogens is 2. The molecule has 1 amide bonds. The van der Waals surface area contributed by atoms with Gasteiger partial charge in [0.25, 0.3) is 0 Å². The summed E-state index contributed by atoms with van der Waals surface area (Å²) >= 11 is 1.50. The highest BCUT2D eigenvalue weighted by atomic mass is 32.2. The van der Waals surface area contributed by atoms with E-state index < -0.39 is 16.7 Å². The zero-order valence-corrected chi connectivity index (χ0v) is 19.9. The van der Waals surface area contributed by atoms with Crippen LogP contribution in [-0.2, 0) is 19.5 Å². The number of benzene rings is 1. The SMILES string of the molecule is CCOC(=O)N=[S-](=O)c1ccc(Nc2ncc(-c3cc(OC)cs3)c(N[C@H](C)CO)n2)cc1. The number of anilines is 3. The summed E-state index contributed by atoms with van der Waals surface area (Å²) in [5, 5.41) is 17.6. The van der Waals surface area contributed by atoms with Gasteiger partial charge in [-0.15, -0.1) is 21.9 Å². The minimum absolute atomic E-state index is 0.0601. The molecule has 1 atom stereocenters. The van der Waals surface area contributed by atoms with Gasteiger partial charge >= 0.3 is 6.09 Å². The number of carbonyl (C=O) groups is 1. The fourth-order valence-corrected chi connectivity index (χ4v) is 4.16. The Labute approximate surface area is 197 Å². The van der Waals surface area contributed by atoms with Crippen molar-refractivity contribution in [1.82, 2.24) is 9.97 Å². The van der Waals surface area contributed by atoms with Gasteiger partial charge in [0.2, 0.25) is 5.95 Å². The molecule has 12 heteroatoms. The van der Waals surface area contributed by atoms with Gasteiger partial charge in [0.15, 0.2) is 0 Å². The highest BCUT2D eigenvalue weighted by molar-refractivity contribution is 7.75. The highest BCUT2D eigenvalue weighted by Crippen LogP contribution is 2.35. The Kier molecular flexibility index (Phi) is 8.58. The first-order chi connectivity index (χ1) is 15.9. The van der Waals surface area contributed by atoms with Crippen molar-refractivity contribution in [3.05, 3.63) is 41.9 Å². The summed E-state index contributed by atoms with van der Waals surface area (Å²) in [5.74, 6) is 1.63. The van der Waals surface area contributed by atoms with Gasteiger partial charge in [-0.25, -0.2) is 9.78 Å². The van der Waals surface area contributed by atoms with Crippen LogP contribution in [0.1, 0.15) is 13.8 Å². The molecular weight excluding hydrogens is 466 g/mol. The van der Waals surface area contributed by atoms with Crippen LogP contribution in [-0.4, -0.2) is 47.5 Å². The van der Waals surface area contributed by atoms with Crippen LogP contribution in [0.4, 0.5) is 22.2 Å².